The van der Waals surface area contributed by atoms with Gasteiger partial charge in [0.25, 0.3) is 0 Å². The minimum Gasteiger partial charge on any atom is -0.339 e. The molecule has 1 N–H and O–H groups in total. The molecule has 0 bridgehead atoms. The molecular formula is C8H8ClN3S. The van der Waals surface area contributed by atoms with Crippen LogP contribution in [-0.2, 0) is 0 Å². The Hall–Kier alpha value is -1.00. The highest BCUT2D eigenvalue weighted by molar-refractivity contribution is 7.80. The molecule has 0 unspecified atom stereocenters. The summed E-state index contributed by atoms with van der Waals surface area (Å²) >= 11 is 4.07. The minimum atomic E-state index is 0. The number of imidazole rings is 1. The standard InChI is InChI=1S/C8H7N3S.ClH/c12-8-10-5-7(11-8)6-2-1-3-9-4-6;/h1-5H,(H2,10,11,12);1H. The van der Waals surface area contributed by atoms with Gasteiger partial charge in [-0.3, -0.25) is 4.98 Å². The molecule has 2 aromatic rings. The van der Waals surface area contributed by atoms with Crippen molar-refractivity contribution < 1.29 is 0 Å². The first-order chi connectivity index (χ1) is 5.86. The molecule has 0 saturated heterocycles. The maximum absolute atomic E-state index is 4.15. The highest BCUT2D eigenvalue weighted by atomic mass is 35.5. The fourth-order valence-electron chi connectivity index (χ4n) is 0.974. The van der Waals surface area contributed by atoms with E-state index in [2.05, 4.69) is 27.6 Å². The van der Waals surface area contributed by atoms with Gasteiger partial charge in [-0.1, -0.05) is 0 Å². The summed E-state index contributed by atoms with van der Waals surface area (Å²) in [5, 5.41) is 0.619. The Labute approximate surface area is 87.4 Å². The van der Waals surface area contributed by atoms with Crippen LogP contribution in [-0.4, -0.2) is 15.0 Å². The number of hydrogen-bond donors (Lipinski definition) is 2. The summed E-state index contributed by atoms with van der Waals surface area (Å²) in [4.78, 5) is 11.0. The van der Waals surface area contributed by atoms with Crippen molar-refractivity contribution in [2.75, 3.05) is 0 Å². The van der Waals surface area contributed by atoms with Crippen molar-refractivity contribution in [3.05, 3.63) is 30.7 Å². The number of nitrogens with one attached hydrogen (secondary N) is 1. The van der Waals surface area contributed by atoms with Crippen LogP contribution < -0.4 is 0 Å². The summed E-state index contributed by atoms with van der Waals surface area (Å²) in [5.41, 5.74) is 1.86. The van der Waals surface area contributed by atoms with E-state index in [-0.39, 0.29) is 12.4 Å². The molecular weight excluding hydrogens is 206 g/mol. The molecule has 13 heavy (non-hydrogen) atoms. The molecule has 0 aliphatic rings. The van der Waals surface area contributed by atoms with Gasteiger partial charge in [0.15, 0.2) is 5.16 Å². The van der Waals surface area contributed by atoms with Crippen molar-refractivity contribution in [3.63, 3.8) is 0 Å². The maximum Gasteiger partial charge on any atom is 0.162 e. The molecule has 0 fully saturated rings. The zero-order valence-corrected chi connectivity index (χ0v) is 8.35. The lowest BCUT2D eigenvalue weighted by Gasteiger charge is -1.91. The highest BCUT2D eigenvalue weighted by Gasteiger charge is 1.99. The second kappa shape index (κ2) is 4.30. The number of pyridine rings is 1. The molecule has 0 radical (unpaired) electrons. The van der Waals surface area contributed by atoms with Crippen LogP contribution in [0.15, 0.2) is 35.9 Å². The summed E-state index contributed by atoms with van der Waals surface area (Å²) in [6.07, 6.45) is 5.31. The Balaban J connectivity index is 0.000000845. The van der Waals surface area contributed by atoms with Gasteiger partial charge in [0.05, 0.1) is 5.69 Å². The fourth-order valence-corrected chi connectivity index (χ4v) is 1.15. The second-order valence-corrected chi connectivity index (χ2v) is 2.77. The van der Waals surface area contributed by atoms with Crippen LogP contribution in [0.1, 0.15) is 0 Å². The molecule has 68 valence electrons. The van der Waals surface area contributed by atoms with Crippen LogP contribution in [0, 0.1) is 0 Å². The van der Waals surface area contributed by atoms with Crippen LogP contribution in [0.2, 0.25) is 0 Å². The zero-order valence-electron chi connectivity index (χ0n) is 6.64. The van der Waals surface area contributed by atoms with E-state index in [0.717, 1.165) is 11.3 Å². The van der Waals surface area contributed by atoms with Gasteiger partial charge in [-0.15, -0.1) is 25.0 Å². The monoisotopic (exact) mass is 213 g/mol. The molecule has 2 aromatic heterocycles. The molecule has 2 rings (SSSR count). The summed E-state index contributed by atoms with van der Waals surface area (Å²) in [7, 11) is 0. The zero-order chi connectivity index (χ0) is 8.39. The van der Waals surface area contributed by atoms with E-state index in [9.17, 15) is 0 Å². The Bertz CT molecular complexity index is 374. The van der Waals surface area contributed by atoms with Gasteiger partial charge < -0.3 is 4.98 Å². The number of nitrogens with zero attached hydrogens (tertiary/aromatic N) is 2. The first-order valence-corrected chi connectivity index (χ1v) is 3.96. The smallest absolute Gasteiger partial charge is 0.162 e. The SMILES string of the molecule is Cl.Sc1nc(-c2cccnc2)c[nH]1. The van der Waals surface area contributed by atoms with Gasteiger partial charge in [0.2, 0.25) is 0 Å². The molecule has 3 nitrogen and oxygen atoms in total. The number of H-pyrrole nitrogens is 1. The van der Waals surface area contributed by atoms with Gasteiger partial charge in [0, 0.05) is 24.2 Å². The lowest BCUT2D eigenvalue weighted by molar-refractivity contribution is 1.07. The van der Waals surface area contributed by atoms with Gasteiger partial charge in [-0.2, -0.15) is 0 Å². The molecule has 0 saturated carbocycles. The number of aromatic amines is 1. The van der Waals surface area contributed by atoms with E-state index in [1.54, 1.807) is 18.6 Å². The molecule has 0 spiro atoms. The molecule has 0 atom stereocenters. The first-order valence-electron chi connectivity index (χ1n) is 3.51. The Kier molecular flexibility index (Phi) is 3.33. The summed E-state index contributed by atoms with van der Waals surface area (Å²) in [5.74, 6) is 0. The van der Waals surface area contributed by atoms with E-state index in [0.29, 0.717) is 5.16 Å². The van der Waals surface area contributed by atoms with Crippen LogP contribution in [0.5, 0.6) is 0 Å². The third kappa shape index (κ3) is 2.23. The van der Waals surface area contributed by atoms with Crippen LogP contribution in [0.25, 0.3) is 11.3 Å². The summed E-state index contributed by atoms with van der Waals surface area (Å²) in [6.45, 7) is 0. The maximum atomic E-state index is 4.15. The largest absolute Gasteiger partial charge is 0.339 e. The Morgan fingerprint density at radius 1 is 1.38 bits per heavy atom. The molecule has 0 amide bonds. The molecule has 0 aromatic carbocycles. The predicted octanol–water partition coefficient (Wildman–Crippen LogP) is 2.18. The van der Waals surface area contributed by atoms with Crippen LogP contribution >= 0.6 is 25.0 Å². The van der Waals surface area contributed by atoms with Crippen molar-refractivity contribution in [1.82, 2.24) is 15.0 Å². The summed E-state index contributed by atoms with van der Waals surface area (Å²) in [6, 6.07) is 3.83. The van der Waals surface area contributed by atoms with Gasteiger partial charge >= 0.3 is 0 Å². The third-order valence-corrected chi connectivity index (χ3v) is 1.75. The first kappa shape index (κ1) is 10.1. The van der Waals surface area contributed by atoms with E-state index >= 15 is 0 Å². The minimum absolute atomic E-state index is 0. The fraction of sp³-hybridized carbons (Fsp3) is 0. The third-order valence-electron chi connectivity index (χ3n) is 1.52. The van der Waals surface area contributed by atoms with Crippen LogP contribution in [0.4, 0.5) is 0 Å². The van der Waals surface area contributed by atoms with E-state index in [1.807, 2.05) is 12.1 Å². The Morgan fingerprint density at radius 2 is 2.23 bits per heavy atom. The number of rotatable bonds is 1. The average Bonchev–Trinajstić information content (AvgIpc) is 2.54. The van der Waals surface area contributed by atoms with E-state index in [1.165, 1.54) is 0 Å². The molecule has 0 aliphatic carbocycles. The normalized spacial score (nSPS) is 9.31. The van der Waals surface area contributed by atoms with Crippen molar-refractivity contribution in [2.24, 2.45) is 0 Å². The topological polar surface area (TPSA) is 41.6 Å². The van der Waals surface area contributed by atoms with E-state index < -0.39 is 0 Å². The van der Waals surface area contributed by atoms with Gasteiger partial charge in [-0.05, 0) is 12.1 Å². The predicted molar refractivity (Wildman–Crippen MR) is 56.3 cm³/mol. The van der Waals surface area contributed by atoms with Crippen molar-refractivity contribution in [2.45, 2.75) is 5.16 Å². The Morgan fingerprint density at radius 3 is 2.77 bits per heavy atom. The van der Waals surface area contributed by atoms with Gasteiger partial charge in [0.1, 0.15) is 0 Å². The lowest BCUT2D eigenvalue weighted by atomic mass is 10.2. The van der Waals surface area contributed by atoms with Crippen LogP contribution in [0.3, 0.4) is 0 Å². The van der Waals surface area contributed by atoms with E-state index in [4.69, 9.17) is 0 Å². The van der Waals surface area contributed by atoms with Gasteiger partial charge in [-0.25, -0.2) is 4.98 Å². The molecule has 0 aliphatic heterocycles. The van der Waals surface area contributed by atoms with Crippen molar-refractivity contribution in [3.8, 4) is 11.3 Å². The average molecular weight is 214 g/mol. The highest BCUT2D eigenvalue weighted by Crippen LogP contribution is 2.15. The lowest BCUT2D eigenvalue weighted by Crippen LogP contribution is -1.77. The number of aromatic nitrogens is 3. The number of hydrogen-bond acceptors (Lipinski definition) is 3. The molecule has 2 heterocycles. The van der Waals surface area contributed by atoms with Crippen molar-refractivity contribution in [1.29, 1.82) is 0 Å². The second-order valence-electron chi connectivity index (χ2n) is 2.35. The molecule has 5 heteroatoms. The quantitative estimate of drug-likeness (QED) is 0.713. The van der Waals surface area contributed by atoms with Crippen molar-refractivity contribution >= 4 is 25.0 Å². The summed E-state index contributed by atoms with van der Waals surface area (Å²) < 4.78 is 0. The number of halogens is 1. The number of thiol groups is 1.